The number of pyridine rings is 1. The smallest absolute Gasteiger partial charge is 0.260 e. The van der Waals surface area contributed by atoms with E-state index in [1.807, 2.05) is 6.07 Å². The number of halogens is 1. The Bertz CT molecular complexity index is 773. The molecule has 0 spiro atoms. The molecular formula is C17H18ClN3O3. The zero-order chi connectivity index (χ0) is 17.1. The molecule has 1 fully saturated rings. The molecule has 0 unspecified atom stereocenters. The summed E-state index contributed by atoms with van der Waals surface area (Å²) in [5.41, 5.74) is 5.93. The van der Waals surface area contributed by atoms with Gasteiger partial charge in [-0.15, -0.1) is 0 Å². The Labute approximate surface area is 144 Å². The Morgan fingerprint density at radius 2 is 2.04 bits per heavy atom. The van der Waals surface area contributed by atoms with Crippen molar-refractivity contribution in [2.45, 2.75) is 12.8 Å². The first-order valence-electron chi connectivity index (χ1n) is 7.79. The number of fused-ring (bicyclic) bond motifs is 1. The van der Waals surface area contributed by atoms with Crippen LogP contribution in [0.2, 0.25) is 5.02 Å². The molecular weight excluding hydrogens is 330 g/mol. The SMILES string of the molecule is NC(=O)C1CCN(C(=O)COc2ccc(Cl)c3cccnc23)CC1. The van der Waals surface area contributed by atoms with Crippen LogP contribution in [0.5, 0.6) is 5.75 Å². The van der Waals surface area contributed by atoms with Gasteiger partial charge in [0.05, 0.1) is 5.02 Å². The Morgan fingerprint density at radius 3 is 2.75 bits per heavy atom. The second-order valence-corrected chi connectivity index (χ2v) is 6.20. The molecule has 2 aromatic rings. The number of nitrogens with zero attached hydrogens (tertiary/aromatic N) is 2. The van der Waals surface area contributed by atoms with E-state index in [-0.39, 0.29) is 24.3 Å². The first kappa shape index (κ1) is 16.5. The van der Waals surface area contributed by atoms with E-state index in [0.29, 0.717) is 42.2 Å². The molecule has 0 bridgehead atoms. The lowest BCUT2D eigenvalue weighted by Crippen LogP contribution is -2.43. The van der Waals surface area contributed by atoms with Gasteiger partial charge in [0.25, 0.3) is 5.91 Å². The highest BCUT2D eigenvalue weighted by Gasteiger charge is 2.26. The van der Waals surface area contributed by atoms with Crippen molar-refractivity contribution in [1.82, 2.24) is 9.88 Å². The van der Waals surface area contributed by atoms with Crippen molar-refractivity contribution in [2.24, 2.45) is 11.7 Å². The van der Waals surface area contributed by atoms with Crippen molar-refractivity contribution < 1.29 is 14.3 Å². The first-order valence-corrected chi connectivity index (χ1v) is 8.17. The molecule has 0 atom stereocenters. The van der Waals surface area contributed by atoms with E-state index in [9.17, 15) is 9.59 Å². The number of piperidine rings is 1. The van der Waals surface area contributed by atoms with Crippen LogP contribution in [0.1, 0.15) is 12.8 Å². The standard InChI is InChI=1S/C17H18ClN3O3/c18-13-3-4-14(16-12(13)2-1-7-20-16)24-10-15(22)21-8-5-11(6-9-21)17(19)23/h1-4,7,11H,5-6,8-10H2,(H2,19,23). The van der Waals surface area contributed by atoms with E-state index in [1.165, 1.54) is 0 Å². The molecule has 0 saturated carbocycles. The Morgan fingerprint density at radius 1 is 1.29 bits per heavy atom. The number of ether oxygens (including phenoxy) is 1. The van der Waals surface area contributed by atoms with Crippen LogP contribution in [-0.2, 0) is 9.59 Å². The van der Waals surface area contributed by atoms with Crippen LogP contribution in [0.3, 0.4) is 0 Å². The summed E-state index contributed by atoms with van der Waals surface area (Å²) < 4.78 is 5.66. The van der Waals surface area contributed by atoms with Crippen molar-refractivity contribution in [3.8, 4) is 5.75 Å². The van der Waals surface area contributed by atoms with Gasteiger partial charge in [0.15, 0.2) is 6.61 Å². The quantitative estimate of drug-likeness (QED) is 0.916. The zero-order valence-corrected chi connectivity index (χ0v) is 13.8. The minimum atomic E-state index is -0.294. The molecule has 0 aliphatic carbocycles. The van der Waals surface area contributed by atoms with Crippen LogP contribution in [0.4, 0.5) is 0 Å². The van der Waals surface area contributed by atoms with Gasteiger partial charge in [0.1, 0.15) is 11.3 Å². The molecule has 1 aromatic heterocycles. The largest absolute Gasteiger partial charge is 0.481 e. The second-order valence-electron chi connectivity index (χ2n) is 5.79. The number of amides is 2. The van der Waals surface area contributed by atoms with E-state index in [2.05, 4.69) is 4.98 Å². The lowest BCUT2D eigenvalue weighted by molar-refractivity contribution is -0.136. The molecule has 7 heteroatoms. The number of aromatic nitrogens is 1. The van der Waals surface area contributed by atoms with Gasteiger partial charge in [-0.05, 0) is 37.1 Å². The number of rotatable bonds is 4. The maximum Gasteiger partial charge on any atom is 0.260 e. The van der Waals surface area contributed by atoms with Gasteiger partial charge in [-0.2, -0.15) is 0 Å². The normalized spacial score (nSPS) is 15.5. The summed E-state index contributed by atoms with van der Waals surface area (Å²) in [5, 5.41) is 1.37. The molecule has 2 amide bonds. The van der Waals surface area contributed by atoms with Gasteiger partial charge in [-0.25, -0.2) is 0 Å². The minimum absolute atomic E-state index is 0.0749. The van der Waals surface area contributed by atoms with Crippen LogP contribution < -0.4 is 10.5 Å². The molecule has 1 aliphatic heterocycles. The summed E-state index contributed by atoms with van der Waals surface area (Å²) in [6.45, 7) is 0.972. The highest BCUT2D eigenvalue weighted by molar-refractivity contribution is 6.35. The van der Waals surface area contributed by atoms with E-state index >= 15 is 0 Å². The van der Waals surface area contributed by atoms with Crippen LogP contribution in [0.25, 0.3) is 10.9 Å². The fourth-order valence-electron chi connectivity index (χ4n) is 2.87. The minimum Gasteiger partial charge on any atom is -0.481 e. The van der Waals surface area contributed by atoms with Crippen molar-refractivity contribution in [2.75, 3.05) is 19.7 Å². The van der Waals surface area contributed by atoms with Gasteiger partial charge < -0.3 is 15.4 Å². The van der Waals surface area contributed by atoms with Crippen LogP contribution in [0.15, 0.2) is 30.5 Å². The number of likely N-dealkylation sites (tertiary alicyclic amines) is 1. The predicted molar refractivity (Wildman–Crippen MR) is 90.7 cm³/mol. The summed E-state index contributed by atoms with van der Waals surface area (Å²) in [4.78, 5) is 29.4. The molecule has 1 aromatic carbocycles. The average molecular weight is 348 g/mol. The molecule has 1 saturated heterocycles. The summed E-state index contributed by atoms with van der Waals surface area (Å²) in [6.07, 6.45) is 2.86. The second kappa shape index (κ2) is 7.05. The third-order valence-electron chi connectivity index (χ3n) is 4.28. The topological polar surface area (TPSA) is 85.5 Å². The summed E-state index contributed by atoms with van der Waals surface area (Å²) in [5.74, 6) is -0.0243. The highest BCUT2D eigenvalue weighted by Crippen LogP contribution is 2.29. The zero-order valence-electron chi connectivity index (χ0n) is 13.1. The number of primary amides is 1. The lowest BCUT2D eigenvalue weighted by atomic mass is 9.96. The molecule has 6 nitrogen and oxygen atoms in total. The Balaban J connectivity index is 1.63. The Kier molecular flexibility index (Phi) is 4.85. The molecule has 3 rings (SSSR count). The number of hydrogen-bond acceptors (Lipinski definition) is 4. The fourth-order valence-corrected chi connectivity index (χ4v) is 3.09. The monoisotopic (exact) mass is 347 g/mol. The number of carbonyl (C=O) groups is 2. The highest BCUT2D eigenvalue weighted by atomic mass is 35.5. The summed E-state index contributed by atoms with van der Waals surface area (Å²) in [7, 11) is 0. The molecule has 2 N–H and O–H groups in total. The average Bonchev–Trinajstić information content (AvgIpc) is 2.61. The predicted octanol–water partition coefficient (Wildman–Crippen LogP) is 1.99. The lowest BCUT2D eigenvalue weighted by Gasteiger charge is -2.30. The third kappa shape index (κ3) is 3.43. The van der Waals surface area contributed by atoms with E-state index in [0.717, 1.165) is 5.39 Å². The van der Waals surface area contributed by atoms with Crippen molar-refractivity contribution in [3.05, 3.63) is 35.5 Å². The van der Waals surface area contributed by atoms with Crippen molar-refractivity contribution in [3.63, 3.8) is 0 Å². The van der Waals surface area contributed by atoms with E-state index in [1.54, 1.807) is 29.3 Å². The number of benzene rings is 1. The molecule has 2 heterocycles. The van der Waals surface area contributed by atoms with Gasteiger partial charge >= 0.3 is 0 Å². The number of hydrogen-bond donors (Lipinski definition) is 1. The maximum absolute atomic E-state index is 12.3. The number of carbonyl (C=O) groups excluding carboxylic acids is 2. The van der Waals surface area contributed by atoms with Crippen LogP contribution in [-0.4, -0.2) is 41.4 Å². The summed E-state index contributed by atoms with van der Waals surface area (Å²) in [6, 6.07) is 7.09. The van der Waals surface area contributed by atoms with Gasteiger partial charge in [0, 0.05) is 30.6 Å². The molecule has 24 heavy (non-hydrogen) atoms. The van der Waals surface area contributed by atoms with Crippen molar-refractivity contribution >= 4 is 34.3 Å². The van der Waals surface area contributed by atoms with Gasteiger partial charge in [0.2, 0.25) is 5.91 Å². The number of nitrogens with two attached hydrogens (primary N) is 1. The van der Waals surface area contributed by atoms with Gasteiger partial charge in [-0.1, -0.05) is 11.6 Å². The molecule has 1 aliphatic rings. The summed E-state index contributed by atoms with van der Waals surface area (Å²) >= 11 is 6.14. The third-order valence-corrected chi connectivity index (χ3v) is 4.61. The van der Waals surface area contributed by atoms with Crippen molar-refractivity contribution in [1.29, 1.82) is 0 Å². The molecule has 0 radical (unpaired) electrons. The Hall–Kier alpha value is -2.34. The van der Waals surface area contributed by atoms with E-state index in [4.69, 9.17) is 22.1 Å². The maximum atomic E-state index is 12.3. The first-order chi connectivity index (χ1) is 11.6. The van der Waals surface area contributed by atoms with E-state index < -0.39 is 0 Å². The van der Waals surface area contributed by atoms with Gasteiger partial charge in [-0.3, -0.25) is 14.6 Å². The van der Waals surface area contributed by atoms with Crippen LogP contribution in [0, 0.1) is 5.92 Å². The fraction of sp³-hybridized carbons (Fsp3) is 0.353. The van der Waals surface area contributed by atoms with Crippen LogP contribution >= 0.6 is 11.6 Å². The molecule has 126 valence electrons.